The van der Waals surface area contributed by atoms with Crippen LogP contribution in [0.5, 0.6) is 0 Å². The number of benzene rings is 1. The molecule has 10 nitrogen and oxygen atoms in total. The van der Waals surface area contributed by atoms with Gasteiger partial charge in [-0.1, -0.05) is 12.1 Å². The summed E-state index contributed by atoms with van der Waals surface area (Å²) in [4.78, 5) is 47.5. The molecule has 0 saturated carbocycles. The highest BCUT2D eigenvalue weighted by Gasteiger charge is 2.30. The second kappa shape index (κ2) is 10.4. The first-order valence-corrected chi connectivity index (χ1v) is 12.4. The molecule has 4 heterocycles. The van der Waals surface area contributed by atoms with Gasteiger partial charge < -0.3 is 9.88 Å². The Balaban J connectivity index is 1.31. The lowest BCUT2D eigenvalue weighted by atomic mass is 10.1. The minimum absolute atomic E-state index is 0.0130. The first-order chi connectivity index (χ1) is 19.1. The van der Waals surface area contributed by atoms with Crippen LogP contribution in [0.1, 0.15) is 34.1 Å². The fourth-order valence-electron chi connectivity index (χ4n) is 4.45. The number of aromatic nitrogens is 6. The Kier molecular flexibility index (Phi) is 6.96. The van der Waals surface area contributed by atoms with Crippen molar-refractivity contribution < 1.29 is 18.0 Å². The summed E-state index contributed by atoms with van der Waals surface area (Å²) in [7, 11) is 0. The van der Waals surface area contributed by atoms with E-state index in [1.165, 1.54) is 40.1 Å². The summed E-state index contributed by atoms with van der Waals surface area (Å²) >= 11 is 0. The van der Waals surface area contributed by atoms with Gasteiger partial charge in [-0.3, -0.25) is 19.0 Å². The van der Waals surface area contributed by atoms with E-state index < -0.39 is 28.6 Å². The lowest BCUT2D eigenvalue weighted by Gasteiger charge is -2.12. The zero-order chi connectivity index (χ0) is 28.6. The second-order valence-electron chi connectivity index (χ2n) is 9.22. The molecule has 0 saturated heterocycles. The number of fused-ring (bicyclic) bond motifs is 2. The Bertz CT molecular complexity index is 1870. The van der Waals surface area contributed by atoms with E-state index in [0.717, 1.165) is 17.8 Å². The highest BCUT2D eigenvalue weighted by molar-refractivity contribution is 5.96. The van der Waals surface area contributed by atoms with Gasteiger partial charge in [0.1, 0.15) is 22.9 Å². The monoisotopic (exact) mass is 551 g/mol. The van der Waals surface area contributed by atoms with Crippen molar-refractivity contribution in [3.63, 3.8) is 0 Å². The van der Waals surface area contributed by atoms with Crippen LogP contribution in [0.25, 0.3) is 22.1 Å². The van der Waals surface area contributed by atoms with E-state index in [1.54, 1.807) is 16.7 Å². The number of rotatable bonds is 7. The maximum atomic E-state index is 13.0. The predicted molar refractivity (Wildman–Crippen MR) is 141 cm³/mol. The maximum absolute atomic E-state index is 13.0. The SMILES string of the molecule is CCn1cc(C(=O)NCCn2ncc3c(=O)n(Cc4cccc(C(F)(F)F)c4)cnc32)c(=O)c2ccc(C)nc21. The average molecular weight is 552 g/mol. The minimum Gasteiger partial charge on any atom is -0.350 e. The molecule has 0 aliphatic carbocycles. The van der Waals surface area contributed by atoms with Gasteiger partial charge in [-0.15, -0.1) is 0 Å². The average Bonchev–Trinajstić information content (AvgIpc) is 3.33. The van der Waals surface area contributed by atoms with Gasteiger partial charge in [0.25, 0.3) is 11.5 Å². The molecular weight excluding hydrogens is 527 g/mol. The Labute approximate surface area is 224 Å². The lowest BCUT2D eigenvalue weighted by molar-refractivity contribution is -0.137. The van der Waals surface area contributed by atoms with E-state index in [0.29, 0.717) is 23.1 Å². The third-order valence-corrected chi connectivity index (χ3v) is 6.48. The molecule has 1 aromatic carbocycles. The summed E-state index contributed by atoms with van der Waals surface area (Å²) < 4.78 is 43.5. The second-order valence-corrected chi connectivity index (χ2v) is 9.22. The summed E-state index contributed by atoms with van der Waals surface area (Å²) in [5.74, 6) is -0.553. The third kappa shape index (κ3) is 5.09. The molecule has 4 aromatic heterocycles. The van der Waals surface area contributed by atoms with Gasteiger partial charge in [-0.05, 0) is 43.7 Å². The molecule has 0 bridgehead atoms. The fourth-order valence-corrected chi connectivity index (χ4v) is 4.45. The van der Waals surface area contributed by atoms with Crippen molar-refractivity contribution in [2.75, 3.05) is 6.54 Å². The maximum Gasteiger partial charge on any atom is 0.416 e. The van der Waals surface area contributed by atoms with Crippen LogP contribution in [0.3, 0.4) is 0 Å². The van der Waals surface area contributed by atoms with E-state index in [-0.39, 0.29) is 36.2 Å². The number of carbonyl (C=O) groups excluding carboxylic acids is 1. The number of nitrogens with one attached hydrogen (secondary N) is 1. The summed E-state index contributed by atoms with van der Waals surface area (Å²) in [6.07, 6.45) is -0.423. The molecule has 0 unspecified atom stereocenters. The molecule has 5 aromatic rings. The van der Waals surface area contributed by atoms with E-state index in [2.05, 4.69) is 20.4 Å². The van der Waals surface area contributed by atoms with Crippen molar-refractivity contribution in [2.24, 2.45) is 0 Å². The molecule has 40 heavy (non-hydrogen) atoms. The number of hydrogen-bond donors (Lipinski definition) is 1. The van der Waals surface area contributed by atoms with Crippen molar-refractivity contribution in [1.29, 1.82) is 0 Å². The van der Waals surface area contributed by atoms with Gasteiger partial charge in [0.05, 0.1) is 30.2 Å². The van der Waals surface area contributed by atoms with Gasteiger partial charge in [-0.2, -0.15) is 18.3 Å². The van der Waals surface area contributed by atoms with E-state index in [4.69, 9.17) is 0 Å². The van der Waals surface area contributed by atoms with Crippen LogP contribution >= 0.6 is 0 Å². The number of carbonyl (C=O) groups is 1. The smallest absolute Gasteiger partial charge is 0.350 e. The van der Waals surface area contributed by atoms with Gasteiger partial charge in [0.2, 0.25) is 5.43 Å². The number of aryl methyl sites for hydroxylation is 2. The number of hydrogen-bond acceptors (Lipinski definition) is 6. The van der Waals surface area contributed by atoms with Crippen molar-refractivity contribution >= 4 is 28.0 Å². The lowest BCUT2D eigenvalue weighted by Crippen LogP contribution is -2.32. The van der Waals surface area contributed by atoms with Gasteiger partial charge >= 0.3 is 6.18 Å². The molecule has 0 atom stereocenters. The van der Waals surface area contributed by atoms with Crippen molar-refractivity contribution in [3.8, 4) is 0 Å². The van der Waals surface area contributed by atoms with Crippen molar-refractivity contribution in [1.82, 2.24) is 34.2 Å². The molecule has 0 aliphatic rings. The minimum atomic E-state index is -4.49. The van der Waals surface area contributed by atoms with E-state index in [9.17, 15) is 27.6 Å². The molecule has 1 N–H and O–H groups in total. The largest absolute Gasteiger partial charge is 0.416 e. The number of amides is 1. The number of nitrogens with zero attached hydrogens (tertiary/aromatic N) is 6. The predicted octanol–water partition coefficient (Wildman–Crippen LogP) is 3.13. The fraction of sp³-hybridized carbons (Fsp3) is 0.259. The molecule has 5 rings (SSSR count). The number of halogens is 3. The van der Waals surface area contributed by atoms with Crippen LogP contribution in [0.15, 0.2) is 64.7 Å². The summed E-state index contributed by atoms with van der Waals surface area (Å²) in [6.45, 7) is 4.39. The number of alkyl halides is 3. The quantitative estimate of drug-likeness (QED) is 0.332. The van der Waals surface area contributed by atoms with Crippen molar-refractivity contribution in [3.05, 3.63) is 98.1 Å². The Hall–Kier alpha value is -4.81. The molecule has 13 heteroatoms. The molecule has 1 amide bonds. The van der Waals surface area contributed by atoms with Crippen LogP contribution in [0.4, 0.5) is 13.2 Å². The van der Waals surface area contributed by atoms with Gasteiger partial charge in [0.15, 0.2) is 5.65 Å². The highest BCUT2D eigenvalue weighted by Crippen LogP contribution is 2.29. The Morgan fingerprint density at radius 2 is 1.85 bits per heavy atom. The Morgan fingerprint density at radius 1 is 1.05 bits per heavy atom. The number of pyridine rings is 2. The highest BCUT2D eigenvalue weighted by atomic mass is 19.4. The summed E-state index contributed by atoms with van der Waals surface area (Å²) in [5.41, 5.74) is 0.141. The summed E-state index contributed by atoms with van der Waals surface area (Å²) in [5, 5.41) is 7.43. The van der Waals surface area contributed by atoms with Crippen LogP contribution < -0.4 is 16.3 Å². The van der Waals surface area contributed by atoms with Crippen LogP contribution in [0.2, 0.25) is 0 Å². The molecule has 0 radical (unpaired) electrons. The standard InChI is InChI=1S/C27H24F3N7O3/c1-3-35-14-21(22(38)19-8-7-16(2)34-24(19)35)25(39)31-9-10-37-23-20(12-33-37)26(40)36(15-32-23)13-17-5-4-6-18(11-17)27(28,29)30/h4-8,11-12,14-15H,3,9-10,13H2,1-2H3,(H,31,39). The third-order valence-electron chi connectivity index (χ3n) is 6.48. The molecular formula is C27H24F3N7O3. The zero-order valence-electron chi connectivity index (χ0n) is 21.6. The summed E-state index contributed by atoms with van der Waals surface area (Å²) in [6, 6.07) is 8.12. The van der Waals surface area contributed by atoms with E-state index in [1.807, 2.05) is 13.8 Å². The first kappa shape index (κ1) is 26.8. The van der Waals surface area contributed by atoms with Gasteiger partial charge in [-0.25, -0.2) is 14.6 Å². The van der Waals surface area contributed by atoms with Crippen LogP contribution in [-0.2, 0) is 25.8 Å². The van der Waals surface area contributed by atoms with Gasteiger partial charge in [0, 0.05) is 25.0 Å². The van der Waals surface area contributed by atoms with Crippen molar-refractivity contribution in [2.45, 2.75) is 39.7 Å². The first-order valence-electron chi connectivity index (χ1n) is 12.4. The molecule has 0 aliphatic heterocycles. The van der Waals surface area contributed by atoms with Crippen LogP contribution in [0, 0.1) is 6.92 Å². The molecule has 0 fully saturated rings. The Morgan fingerprint density at radius 3 is 2.60 bits per heavy atom. The topological polar surface area (TPSA) is 117 Å². The van der Waals surface area contributed by atoms with Crippen LogP contribution in [-0.4, -0.2) is 41.3 Å². The normalized spacial score (nSPS) is 11.8. The molecule has 206 valence electrons. The molecule has 0 spiro atoms. The van der Waals surface area contributed by atoms with E-state index >= 15 is 0 Å². The zero-order valence-corrected chi connectivity index (χ0v) is 21.6.